The second-order valence-corrected chi connectivity index (χ2v) is 5.82. The normalized spacial score (nSPS) is 11.1. The number of carbonyl (C=O) groups is 1. The van der Waals surface area contributed by atoms with Crippen LogP contribution in [0, 0.1) is 0 Å². The first kappa shape index (κ1) is 14.7. The summed E-state index contributed by atoms with van der Waals surface area (Å²) in [7, 11) is 1.36. The third-order valence-corrected chi connectivity index (χ3v) is 4.08. The minimum absolute atomic E-state index is 0.377. The monoisotopic (exact) mass is 337 g/mol. The number of aromatic nitrogens is 1. The van der Waals surface area contributed by atoms with Gasteiger partial charge in [-0.3, -0.25) is 0 Å². The molecule has 0 saturated heterocycles. The van der Waals surface area contributed by atoms with E-state index in [1.54, 1.807) is 18.2 Å². The zero-order valence-corrected chi connectivity index (χ0v) is 13.5. The molecule has 0 aliphatic heterocycles. The number of methoxy groups -OCH3 is 1. The molecule has 24 heavy (non-hydrogen) atoms. The molecule has 5 heteroatoms. The van der Waals surface area contributed by atoms with Gasteiger partial charge in [0.15, 0.2) is 5.76 Å². The average Bonchev–Trinajstić information content (AvgIpc) is 3.03. The molecule has 118 valence electrons. The number of pyridine rings is 1. The highest BCUT2D eigenvalue weighted by molar-refractivity contribution is 6.31. The maximum atomic E-state index is 11.6. The molecular weight excluding hydrogens is 326 g/mol. The molecule has 0 saturated carbocycles. The predicted octanol–water partition coefficient (Wildman–Crippen LogP) is 5.09. The lowest BCUT2D eigenvalue weighted by molar-refractivity contribution is 0.0601. The number of ether oxygens (including phenoxy) is 1. The van der Waals surface area contributed by atoms with Crippen molar-refractivity contribution < 1.29 is 13.9 Å². The number of hydrogen-bond acceptors (Lipinski definition) is 4. The van der Waals surface area contributed by atoms with Gasteiger partial charge < -0.3 is 9.15 Å². The Kier molecular flexibility index (Phi) is 3.47. The summed E-state index contributed by atoms with van der Waals surface area (Å²) < 4.78 is 10.6. The van der Waals surface area contributed by atoms with Gasteiger partial charge in [-0.1, -0.05) is 23.7 Å². The Morgan fingerprint density at radius 2 is 1.88 bits per heavy atom. The number of carbonyl (C=O) groups excluding carboxylic acids is 1. The summed E-state index contributed by atoms with van der Waals surface area (Å²) in [6.07, 6.45) is 0. The van der Waals surface area contributed by atoms with Gasteiger partial charge in [0.05, 0.1) is 18.2 Å². The van der Waals surface area contributed by atoms with Crippen molar-refractivity contribution in [2.75, 3.05) is 7.11 Å². The maximum Gasteiger partial charge on any atom is 0.337 e. The van der Waals surface area contributed by atoms with E-state index in [0.717, 1.165) is 16.3 Å². The van der Waals surface area contributed by atoms with Crippen molar-refractivity contribution in [3.05, 3.63) is 65.2 Å². The quantitative estimate of drug-likeness (QED) is 0.478. The fourth-order valence-corrected chi connectivity index (χ4v) is 2.81. The van der Waals surface area contributed by atoms with Crippen LogP contribution in [0.3, 0.4) is 0 Å². The molecule has 0 radical (unpaired) electrons. The van der Waals surface area contributed by atoms with Gasteiger partial charge >= 0.3 is 5.97 Å². The molecule has 4 rings (SSSR count). The molecule has 0 aliphatic rings. The number of halogens is 1. The number of rotatable bonds is 2. The number of furan rings is 1. The van der Waals surface area contributed by atoms with Crippen molar-refractivity contribution in [3.63, 3.8) is 0 Å². The number of fused-ring (bicyclic) bond motifs is 2. The predicted molar refractivity (Wildman–Crippen MR) is 93.3 cm³/mol. The van der Waals surface area contributed by atoms with Crippen LogP contribution in [0.15, 0.2) is 59.0 Å². The van der Waals surface area contributed by atoms with E-state index in [4.69, 9.17) is 20.8 Å². The standard InChI is InChI=1S/C19H12ClNO3/c1-23-19(22)12-4-7-17-13(8-12)9-18(24-17)15-6-3-11-2-5-14(20)10-16(11)21-15/h2-10H,1H3. The van der Waals surface area contributed by atoms with Crippen molar-refractivity contribution in [2.24, 2.45) is 0 Å². The molecule has 2 aromatic carbocycles. The summed E-state index contributed by atoms with van der Waals surface area (Å²) in [4.78, 5) is 16.2. The molecule has 0 unspecified atom stereocenters. The summed E-state index contributed by atoms with van der Waals surface area (Å²) in [5, 5.41) is 2.47. The molecule has 4 nitrogen and oxygen atoms in total. The topological polar surface area (TPSA) is 52.3 Å². The van der Waals surface area contributed by atoms with Crippen LogP contribution < -0.4 is 0 Å². The average molecular weight is 338 g/mol. The second-order valence-electron chi connectivity index (χ2n) is 5.39. The highest BCUT2D eigenvalue weighted by Crippen LogP contribution is 2.29. The number of esters is 1. The van der Waals surface area contributed by atoms with Crippen molar-refractivity contribution in [1.82, 2.24) is 4.98 Å². The maximum absolute atomic E-state index is 11.6. The Morgan fingerprint density at radius 3 is 2.71 bits per heavy atom. The fourth-order valence-electron chi connectivity index (χ4n) is 2.64. The van der Waals surface area contributed by atoms with Crippen LogP contribution in [0.5, 0.6) is 0 Å². The summed E-state index contributed by atoms with van der Waals surface area (Å²) in [5.41, 5.74) is 2.68. The SMILES string of the molecule is COC(=O)c1ccc2oc(-c3ccc4ccc(Cl)cc4n3)cc2c1. The molecular formula is C19H12ClNO3. The van der Waals surface area contributed by atoms with Crippen LogP contribution >= 0.6 is 11.6 Å². The Balaban J connectivity index is 1.82. The molecule has 0 spiro atoms. The van der Waals surface area contributed by atoms with Crippen LogP contribution in [0.25, 0.3) is 33.3 Å². The Bertz CT molecular complexity index is 1080. The minimum Gasteiger partial charge on any atom is -0.465 e. The van der Waals surface area contributed by atoms with Crippen LogP contribution in [0.1, 0.15) is 10.4 Å². The van der Waals surface area contributed by atoms with E-state index in [-0.39, 0.29) is 5.97 Å². The summed E-state index contributed by atoms with van der Waals surface area (Å²) in [6.45, 7) is 0. The molecule has 0 atom stereocenters. The van der Waals surface area contributed by atoms with Crippen molar-refractivity contribution in [1.29, 1.82) is 0 Å². The zero-order chi connectivity index (χ0) is 16.7. The van der Waals surface area contributed by atoms with Crippen molar-refractivity contribution in [3.8, 4) is 11.5 Å². The third kappa shape index (κ3) is 2.51. The Hall–Kier alpha value is -2.85. The molecule has 0 fully saturated rings. The highest BCUT2D eigenvalue weighted by Gasteiger charge is 2.12. The minimum atomic E-state index is -0.377. The Morgan fingerprint density at radius 1 is 1.04 bits per heavy atom. The lowest BCUT2D eigenvalue weighted by Gasteiger charge is -2.00. The summed E-state index contributed by atoms with van der Waals surface area (Å²) in [5.74, 6) is 0.256. The number of hydrogen-bond donors (Lipinski definition) is 0. The van der Waals surface area contributed by atoms with E-state index in [2.05, 4.69) is 4.98 Å². The van der Waals surface area contributed by atoms with E-state index in [1.165, 1.54) is 7.11 Å². The van der Waals surface area contributed by atoms with E-state index >= 15 is 0 Å². The fraction of sp³-hybridized carbons (Fsp3) is 0.0526. The molecule has 2 aromatic heterocycles. The van der Waals surface area contributed by atoms with Crippen LogP contribution in [-0.2, 0) is 4.74 Å². The van der Waals surface area contributed by atoms with Gasteiger partial charge in [0, 0.05) is 15.8 Å². The molecule has 0 bridgehead atoms. The molecule has 0 N–H and O–H groups in total. The summed E-state index contributed by atoms with van der Waals surface area (Å²) in [6, 6.07) is 16.5. The van der Waals surface area contributed by atoms with E-state index in [1.807, 2.05) is 36.4 Å². The van der Waals surface area contributed by atoms with E-state index < -0.39 is 0 Å². The molecule has 2 heterocycles. The van der Waals surface area contributed by atoms with E-state index in [0.29, 0.717) is 27.6 Å². The van der Waals surface area contributed by atoms with Gasteiger partial charge in [0.2, 0.25) is 0 Å². The lowest BCUT2D eigenvalue weighted by atomic mass is 10.1. The van der Waals surface area contributed by atoms with Crippen molar-refractivity contribution >= 4 is 39.4 Å². The van der Waals surface area contributed by atoms with Gasteiger partial charge in [-0.2, -0.15) is 0 Å². The molecule has 0 aliphatic carbocycles. The second kappa shape index (κ2) is 5.65. The first-order chi connectivity index (χ1) is 11.6. The van der Waals surface area contributed by atoms with Gasteiger partial charge in [-0.25, -0.2) is 9.78 Å². The smallest absolute Gasteiger partial charge is 0.337 e. The lowest BCUT2D eigenvalue weighted by Crippen LogP contribution is -1.99. The van der Waals surface area contributed by atoms with Gasteiger partial charge in [0.1, 0.15) is 11.3 Å². The number of benzene rings is 2. The van der Waals surface area contributed by atoms with Crippen LogP contribution in [0.4, 0.5) is 0 Å². The van der Waals surface area contributed by atoms with Crippen LogP contribution in [-0.4, -0.2) is 18.1 Å². The summed E-state index contributed by atoms with van der Waals surface area (Å²) >= 11 is 6.03. The first-order valence-corrected chi connectivity index (χ1v) is 7.70. The van der Waals surface area contributed by atoms with Gasteiger partial charge in [-0.05, 0) is 42.5 Å². The van der Waals surface area contributed by atoms with E-state index in [9.17, 15) is 4.79 Å². The molecule has 4 aromatic rings. The highest BCUT2D eigenvalue weighted by atomic mass is 35.5. The number of nitrogens with zero attached hydrogens (tertiary/aromatic N) is 1. The van der Waals surface area contributed by atoms with Gasteiger partial charge in [0.25, 0.3) is 0 Å². The van der Waals surface area contributed by atoms with Gasteiger partial charge in [-0.15, -0.1) is 0 Å². The molecule has 0 amide bonds. The van der Waals surface area contributed by atoms with Crippen LogP contribution in [0.2, 0.25) is 5.02 Å². The zero-order valence-electron chi connectivity index (χ0n) is 12.7. The third-order valence-electron chi connectivity index (χ3n) is 3.84. The Labute approximate surface area is 142 Å². The first-order valence-electron chi connectivity index (χ1n) is 7.33. The van der Waals surface area contributed by atoms with Crippen molar-refractivity contribution in [2.45, 2.75) is 0 Å². The largest absolute Gasteiger partial charge is 0.465 e.